The normalized spacial score (nSPS) is 25.4. The van der Waals surface area contributed by atoms with Gasteiger partial charge in [-0.2, -0.15) is 0 Å². The number of likely N-dealkylation sites (tertiary alicyclic amines) is 1. The average molecular weight is 501 g/mol. The quantitative estimate of drug-likeness (QED) is 0.634. The van der Waals surface area contributed by atoms with Gasteiger partial charge in [0.25, 0.3) is 12.3 Å². The summed E-state index contributed by atoms with van der Waals surface area (Å²) >= 11 is 6.25. The first-order valence-electron chi connectivity index (χ1n) is 12.3. The molecule has 0 aromatic heterocycles. The van der Waals surface area contributed by atoms with Crippen molar-refractivity contribution in [2.45, 2.75) is 44.1 Å². The van der Waals surface area contributed by atoms with E-state index in [-0.39, 0.29) is 24.3 Å². The molecule has 1 fully saturated rings. The van der Waals surface area contributed by atoms with Gasteiger partial charge in [0.05, 0.1) is 6.54 Å². The van der Waals surface area contributed by atoms with Crippen LogP contribution < -0.4 is 5.73 Å². The predicted molar refractivity (Wildman–Crippen MR) is 135 cm³/mol. The number of aliphatic imine (C=N–C) groups is 1. The third kappa shape index (κ3) is 4.45. The molecule has 0 bridgehead atoms. The summed E-state index contributed by atoms with van der Waals surface area (Å²) in [6, 6.07) is 14.0. The van der Waals surface area contributed by atoms with E-state index in [9.17, 15) is 13.6 Å². The summed E-state index contributed by atoms with van der Waals surface area (Å²) in [5.41, 5.74) is 9.21. The zero-order chi connectivity index (χ0) is 24.7. The third-order valence-corrected chi connectivity index (χ3v) is 8.25. The summed E-state index contributed by atoms with van der Waals surface area (Å²) in [7, 11) is 1.69. The highest BCUT2D eigenvalue weighted by Gasteiger charge is 2.56. The lowest BCUT2D eigenvalue weighted by molar-refractivity contribution is -0.133. The van der Waals surface area contributed by atoms with Crippen LogP contribution in [0.4, 0.5) is 8.78 Å². The monoisotopic (exact) mass is 500 g/mol. The van der Waals surface area contributed by atoms with Gasteiger partial charge in [-0.1, -0.05) is 35.9 Å². The lowest BCUT2D eigenvalue weighted by atomic mass is 9.65. The fourth-order valence-electron chi connectivity index (χ4n) is 6.15. The van der Waals surface area contributed by atoms with E-state index in [2.05, 4.69) is 18.2 Å². The van der Waals surface area contributed by atoms with Crippen LogP contribution in [0.2, 0.25) is 5.02 Å². The van der Waals surface area contributed by atoms with Crippen LogP contribution in [0.5, 0.6) is 0 Å². The van der Waals surface area contributed by atoms with Crippen molar-refractivity contribution in [1.29, 1.82) is 0 Å². The molecule has 186 valence electrons. The number of fused-ring (bicyclic) bond motifs is 2. The van der Waals surface area contributed by atoms with E-state index in [4.69, 9.17) is 22.3 Å². The van der Waals surface area contributed by atoms with Crippen molar-refractivity contribution in [2.24, 2.45) is 22.6 Å². The van der Waals surface area contributed by atoms with Crippen molar-refractivity contribution in [3.05, 3.63) is 58.6 Å². The van der Waals surface area contributed by atoms with E-state index >= 15 is 0 Å². The predicted octanol–water partition coefficient (Wildman–Crippen LogP) is 4.92. The molecular weight excluding hydrogens is 470 g/mol. The van der Waals surface area contributed by atoms with Gasteiger partial charge in [0.1, 0.15) is 0 Å². The van der Waals surface area contributed by atoms with Gasteiger partial charge >= 0.3 is 0 Å². The second-order valence-corrected chi connectivity index (χ2v) is 10.5. The maximum absolute atomic E-state index is 13.8. The second kappa shape index (κ2) is 9.51. The number of nitrogens with zero attached hydrogens (tertiary/aromatic N) is 3. The van der Waals surface area contributed by atoms with Gasteiger partial charge in [0.15, 0.2) is 11.5 Å². The molecule has 1 amide bonds. The Balaban J connectivity index is 1.48. The minimum atomic E-state index is -2.30. The zero-order valence-electron chi connectivity index (χ0n) is 19.9. The molecule has 5 nitrogen and oxygen atoms in total. The molecule has 5 rings (SSSR count). The Labute approximate surface area is 209 Å². The molecule has 1 spiro atoms. The summed E-state index contributed by atoms with van der Waals surface area (Å²) in [6.07, 6.45) is 1.96. The smallest absolute Gasteiger partial charge is 0.261 e. The molecule has 2 aromatic carbocycles. The number of benzene rings is 2. The van der Waals surface area contributed by atoms with Crippen LogP contribution in [0.25, 0.3) is 11.1 Å². The van der Waals surface area contributed by atoms with Gasteiger partial charge in [-0.05, 0) is 97.5 Å². The minimum Gasteiger partial charge on any atom is -0.369 e. The standard InChI is InChI=1S/C27H31ClF2N4O/c1-33-25(35)27(32-26(33)31)21(13-17-9-11-34(12-10-17)16-24(29)30)8-7-18-5-6-20(15-23(18)27)19-3-2-4-22(28)14-19/h2-6,14-15,17,21,24H,7-13,16H2,1H3,(H2,31,32)/t21-,27?/m0/s1. The van der Waals surface area contributed by atoms with Gasteiger partial charge in [-0.15, -0.1) is 0 Å². The summed E-state index contributed by atoms with van der Waals surface area (Å²) in [5.74, 6) is 0.540. The number of aryl methyl sites for hydroxylation is 1. The zero-order valence-corrected chi connectivity index (χ0v) is 20.6. The van der Waals surface area contributed by atoms with E-state index in [1.807, 2.05) is 29.2 Å². The van der Waals surface area contributed by atoms with Crippen LogP contribution in [0.15, 0.2) is 47.5 Å². The number of alkyl halides is 2. The Hall–Kier alpha value is -2.51. The van der Waals surface area contributed by atoms with Crippen molar-refractivity contribution < 1.29 is 13.6 Å². The van der Waals surface area contributed by atoms with Crippen molar-refractivity contribution in [1.82, 2.24) is 9.80 Å². The van der Waals surface area contributed by atoms with E-state index in [1.165, 1.54) is 4.90 Å². The molecule has 8 heteroatoms. The summed E-state index contributed by atoms with van der Waals surface area (Å²) < 4.78 is 25.6. The first-order valence-corrected chi connectivity index (χ1v) is 12.7. The maximum Gasteiger partial charge on any atom is 0.261 e. The van der Waals surface area contributed by atoms with E-state index in [1.54, 1.807) is 7.05 Å². The van der Waals surface area contributed by atoms with Crippen LogP contribution in [0.1, 0.15) is 36.8 Å². The van der Waals surface area contributed by atoms with Crippen LogP contribution in [-0.2, 0) is 16.8 Å². The number of guanidine groups is 1. The molecular formula is C27H31ClF2N4O. The Kier molecular flexibility index (Phi) is 6.57. The van der Waals surface area contributed by atoms with Crippen LogP contribution >= 0.6 is 11.6 Å². The Morgan fingerprint density at radius 3 is 2.54 bits per heavy atom. The molecule has 0 saturated carbocycles. The van der Waals surface area contributed by atoms with Gasteiger partial charge in [0.2, 0.25) is 0 Å². The van der Waals surface area contributed by atoms with Crippen molar-refractivity contribution in [3.63, 3.8) is 0 Å². The van der Waals surface area contributed by atoms with Crippen LogP contribution in [-0.4, -0.2) is 54.8 Å². The largest absolute Gasteiger partial charge is 0.369 e. The summed E-state index contributed by atoms with van der Waals surface area (Å²) in [4.78, 5) is 22.0. The first-order chi connectivity index (χ1) is 16.8. The number of nitrogens with two attached hydrogens (primary N) is 1. The highest BCUT2D eigenvalue weighted by atomic mass is 35.5. The molecule has 35 heavy (non-hydrogen) atoms. The van der Waals surface area contributed by atoms with Gasteiger partial charge in [-0.25, -0.2) is 13.8 Å². The summed E-state index contributed by atoms with van der Waals surface area (Å²) in [5, 5.41) is 0.657. The van der Waals surface area contributed by atoms with Crippen molar-refractivity contribution in [3.8, 4) is 11.1 Å². The topological polar surface area (TPSA) is 61.9 Å². The number of piperidine rings is 1. The molecule has 2 atom stereocenters. The molecule has 2 aliphatic heterocycles. The molecule has 2 heterocycles. The Bertz CT molecular complexity index is 1150. The van der Waals surface area contributed by atoms with E-state index < -0.39 is 12.0 Å². The number of hydrogen-bond donors (Lipinski definition) is 1. The van der Waals surface area contributed by atoms with Crippen molar-refractivity contribution in [2.75, 3.05) is 26.7 Å². The van der Waals surface area contributed by atoms with Gasteiger partial charge in [-0.3, -0.25) is 14.6 Å². The van der Waals surface area contributed by atoms with Crippen LogP contribution in [0.3, 0.4) is 0 Å². The maximum atomic E-state index is 13.8. The first kappa shape index (κ1) is 24.2. The molecule has 1 saturated heterocycles. The lowest BCUT2D eigenvalue weighted by Gasteiger charge is -2.42. The number of halogens is 3. The van der Waals surface area contributed by atoms with Gasteiger partial charge < -0.3 is 5.73 Å². The lowest BCUT2D eigenvalue weighted by Crippen LogP contribution is -2.48. The number of likely N-dealkylation sites (N-methyl/N-ethyl adjacent to an activating group) is 1. The SMILES string of the molecule is CN1C(=O)C2(N=C1N)c1cc(-c3cccc(Cl)c3)ccc1CC[C@H]2CC1CCN(CC(F)F)CC1. The number of carbonyl (C=O) groups is 1. The van der Waals surface area contributed by atoms with Crippen molar-refractivity contribution >= 4 is 23.5 Å². The van der Waals surface area contributed by atoms with E-state index in [0.717, 1.165) is 54.4 Å². The molecule has 1 aliphatic carbocycles. The highest BCUT2D eigenvalue weighted by Crippen LogP contribution is 2.50. The molecule has 1 unspecified atom stereocenters. The fraction of sp³-hybridized carbons (Fsp3) is 0.481. The Morgan fingerprint density at radius 1 is 1.14 bits per heavy atom. The molecule has 2 aromatic rings. The fourth-order valence-corrected chi connectivity index (χ4v) is 6.34. The number of rotatable bonds is 5. The molecule has 0 radical (unpaired) electrons. The number of carbonyl (C=O) groups excluding carboxylic acids is 1. The van der Waals surface area contributed by atoms with Crippen LogP contribution in [0, 0.1) is 11.8 Å². The highest BCUT2D eigenvalue weighted by molar-refractivity contribution is 6.30. The molecule has 3 aliphatic rings. The second-order valence-electron chi connectivity index (χ2n) is 10.1. The Morgan fingerprint density at radius 2 is 1.89 bits per heavy atom. The number of amides is 1. The van der Waals surface area contributed by atoms with Gasteiger partial charge in [0, 0.05) is 12.1 Å². The number of hydrogen-bond acceptors (Lipinski definition) is 4. The van der Waals surface area contributed by atoms with E-state index in [0.29, 0.717) is 24.0 Å². The summed E-state index contributed by atoms with van der Waals surface area (Å²) in [6.45, 7) is 1.18. The minimum absolute atomic E-state index is 0.00672. The third-order valence-electron chi connectivity index (χ3n) is 8.02. The molecule has 2 N–H and O–H groups in total. The average Bonchev–Trinajstić information content (AvgIpc) is 3.06.